The minimum absolute atomic E-state index is 0.218. The highest BCUT2D eigenvalue weighted by atomic mass is 79.9. The van der Waals surface area contributed by atoms with Crippen LogP contribution in [0.25, 0.3) is 11.1 Å². The second kappa shape index (κ2) is 6.85. The van der Waals surface area contributed by atoms with Crippen molar-refractivity contribution < 1.29 is 4.39 Å². The van der Waals surface area contributed by atoms with Gasteiger partial charge in [0.05, 0.1) is 4.47 Å². The van der Waals surface area contributed by atoms with Gasteiger partial charge < -0.3 is 0 Å². The quantitative estimate of drug-likeness (QED) is 0.594. The Bertz CT molecular complexity index is 531. The molecule has 0 saturated carbocycles. The normalized spacial score (nSPS) is 10.7. The van der Waals surface area contributed by atoms with E-state index >= 15 is 0 Å². The molecule has 0 aliphatic rings. The number of rotatable bonds is 5. The van der Waals surface area contributed by atoms with Gasteiger partial charge in [0.1, 0.15) is 5.82 Å². The van der Waals surface area contributed by atoms with Crippen molar-refractivity contribution in [3.8, 4) is 11.1 Å². The van der Waals surface area contributed by atoms with Crippen LogP contribution in [0.1, 0.15) is 31.7 Å². The van der Waals surface area contributed by atoms with E-state index in [1.54, 1.807) is 12.1 Å². The highest BCUT2D eigenvalue weighted by molar-refractivity contribution is 9.10. The van der Waals surface area contributed by atoms with E-state index in [9.17, 15) is 4.39 Å². The van der Waals surface area contributed by atoms with Crippen LogP contribution in [0.5, 0.6) is 0 Å². The highest BCUT2D eigenvalue weighted by Crippen LogP contribution is 2.25. The maximum atomic E-state index is 13.5. The zero-order valence-electron chi connectivity index (χ0n) is 11.1. The second-order valence-corrected chi connectivity index (χ2v) is 5.64. The molecule has 100 valence electrons. The summed E-state index contributed by atoms with van der Waals surface area (Å²) in [6, 6.07) is 13.7. The second-order valence-electron chi connectivity index (χ2n) is 4.78. The Morgan fingerprint density at radius 3 is 2.26 bits per heavy atom. The van der Waals surface area contributed by atoms with E-state index in [4.69, 9.17) is 0 Å². The molecular formula is C17H18BrF. The zero-order chi connectivity index (χ0) is 13.7. The van der Waals surface area contributed by atoms with Crippen LogP contribution in [0.15, 0.2) is 46.9 Å². The molecule has 2 heteroatoms. The summed E-state index contributed by atoms with van der Waals surface area (Å²) < 4.78 is 14.0. The van der Waals surface area contributed by atoms with Crippen LogP contribution in [0.3, 0.4) is 0 Å². The Hall–Kier alpha value is -1.15. The molecule has 2 rings (SSSR count). The standard InChI is InChI=1S/C17H18BrF/c1-2-3-4-5-13-6-8-14(9-7-13)15-10-11-16(18)17(19)12-15/h6-12H,2-5H2,1H3. The summed E-state index contributed by atoms with van der Waals surface area (Å²) in [4.78, 5) is 0. The molecule has 0 unspecified atom stereocenters. The van der Waals surface area contributed by atoms with Gasteiger partial charge in [-0.2, -0.15) is 0 Å². The van der Waals surface area contributed by atoms with Gasteiger partial charge in [-0.1, -0.05) is 50.1 Å². The molecule has 0 heterocycles. The van der Waals surface area contributed by atoms with E-state index in [0.29, 0.717) is 4.47 Å². The smallest absolute Gasteiger partial charge is 0.137 e. The molecule has 0 atom stereocenters. The van der Waals surface area contributed by atoms with Crippen molar-refractivity contribution in [2.75, 3.05) is 0 Å². The molecule has 0 aliphatic heterocycles. The van der Waals surface area contributed by atoms with E-state index in [-0.39, 0.29) is 5.82 Å². The van der Waals surface area contributed by atoms with Crippen LogP contribution < -0.4 is 0 Å². The predicted molar refractivity (Wildman–Crippen MR) is 82.8 cm³/mol. The minimum Gasteiger partial charge on any atom is -0.206 e. The molecule has 0 nitrogen and oxygen atoms in total. The Kier molecular flexibility index (Phi) is 5.15. The predicted octanol–water partition coefficient (Wildman–Crippen LogP) is 5.99. The zero-order valence-corrected chi connectivity index (χ0v) is 12.7. The lowest BCUT2D eigenvalue weighted by atomic mass is 10.0. The van der Waals surface area contributed by atoms with E-state index in [2.05, 4.69) is 47.1 Å². The largest absolute Gasteiger partial charge is 0.206 e. The number of hydrogen-bond acceptors (Lipinski definition) is 0. The first-order valence-corrected chi connectivity index (χ1v) is 7.54. The van der Waals surface area contributed by atoms with Crippen molar-refractivity contribution >= 4 is 15.9 Å². The summed E-state index contributed by atoms with van der Waals surface area (Å²) >= 11 is 3.17. The van der Waals surface area contributed by atoms with Crippen molar-refractivity contribution in [1.82, 2.24) is 0 Å². The van der Waals surface area contributed by atoms with Gasteiger partial charge in [-0.05, 0) is 57.6 Å². The van der Waals surface area contributed by atoms with Gasteiger partial charge >= 0.3 is 0 Å². The first-order valence-electron chi connectivity index (χ1n) is 6.75. The fraction of sp³-hybridized carbons (Fsp3) is 0.294. The van der Waals surface area contributed by atoms with E-state index in [0.717, 1.165) is 17.5 Å². The van der Waals surface area contributed by atoms with Crippen LogP contribution in [0.2, 0.25) is 0 Å². The van der Waals surface area contributed by atoms with Crippen molar-refractivity contribution in [1.29, 1.82) is 0 Å². The Labute approximate surface area is 122 Å². The topological polar surface area (TPSA) is 0 Å². The summed E-state index contributed by atoms with van der Waals surface area (Å²) in [6.07, 6.45) is 4.89. The van der Waals surface area contributed by atoms with Crippen molar-refractivity contribution in [2.24, 2.45) is 0 Å². The Morgan fingerprint density at radius 1 is 0.947 bits per heavy atom. The first kappa shape index (κ1) is 14.3. The fourth-order valence-electron chi connectivity index (χ4n) is 2.12. The lowest BCUT2D eigenvalue weighted by molar-refractivity contribution is 0.621. The molecule has 19 heavy (non-hydrogen) atoms. The third kappa shape index (κ3) is 3.90. The lowest BCUT2D eigenvalue weighted by Gasteiger charge is -2.05. The van der Waals surface area contributed by atoms with Gasteiger partial charge in [-0.25, -0.2) is 4.39 Å². The van der Waals surface area contributed by atoms with E-state index < -0.39 is 0 Å². The molecule has 0 amide bonds. The van der Waals surface area contributed by atoms with Crippen molar-refractivity contribution in [3.63, 3.8) is 0 Å². The summed E-state index contributed by atoms with van der Waals surface area (Å²) in [6.45, 7) is 2.21. The SMILES string of the molecule is CCCCCc1ccc(-c2ccc(Br)c(F)c2)cc1. The monoisotopic (exact) mass is 320 g/mol. The van der Waals surface area contributed by atoms with Gasteiger partial charge in [-0.15, -0.1) is 0 Å². The summed E-state index contributed by atoms with van der Waals surface area (Å²) in [7, 11) is 0. The van der Waals surface area contributed by atoms with Gasteiger partial charge in [0, 0.05) is 0 Å². The van der Waals surface area contributed by atoms with E-state index in [1.165, 1.54) is 24.8 Å². The van der Waals surface area contributed by atoms with Crippen molar-refractivity contribution in [3.05, 3.63) is 58.3 Å². The number of benzene rings is 2. The molecule has 2 aromatic rings. The molecule has 0 fully saturated rings. The van der Waals surface area contributed by atoms with Crippen LogP contribution in [-0.4, -0.2) is 0 Å². The van der Waals surface area contributed by atoms with Crippen LogP contribution in [-0.2, 0) is 6.42 Å². The van der Waals surface area contributed by atoms with Crippen molar-refractivity contribution in [2.45, 2.75) is 32.6 Å². The maximum absolute atomic E-state index is 13.5. The third-order valence-electron chi connectivity index (χ3n) is 3.28. The minimum atomic E-state index is -0.218. The molecular weight excluding hydrogens is 303 g/mol. The summed E-state index contributed by atoms with van der Waals surface area (Å²) in [5.74, 6) is -0.218. The lowest BCUT2D eigenvalue weighted by Crippen LogP contribution is -1.86. The number of aryl methyl sites for hydroxylation is 1. The Morgan fingerprint density at radius 2 is 1.63 bits per heavy atom. The average Bonchev–Trinajstić information content (AvgIpc) is 2.43. The molecule has 0 aliphatic carbocycles. The first-order chi connectivity index (χ1) is 9.20. The van der Waals surface area contributed by atoms with Crippen LogP contribution in [0, 0.1) is 5.82 Å². The molecule has 0 N–H and O–H groups in total. The molecule has 0 bridgehead atoms. The van der Waals surface area contributed by atoms with E-state index in [1.807, 2.05) is 6.07 Å². The van der Waals surface area contributed by atoms with Crippen LogP contribution >= 0.6 is 15.9 Å². The maximum Gasteiger partial charge on any atom is 0.137 e. The number of halogens is 2. The molecule has 0 spiro atoms. The van der Waals surface area contributed by atoms with Gasteiger partial charge in [0.25, 0.3) is 0 Å². The molecule has 0 radical (unpaired) electrons. The summed E-state index contributed by atoms with van der Waals surface area (Å²) in [5, 5.41) is 0. The highest BCUT2D eigenvalue weighted by Gasteiger charge is 2.03. The molecule has 0 saturated heterocycles. The van der Waals surface area contributed by atoms with Gasteiger partial charge in [-0.3, -0.25) is 0 Å². The fourth-order valence-corrected chi connectivity index (χ4v) is 2.37. The third-order valence-corrected chi connectivity index (χ3v) is 3.92. The molecule has 2 aromatic carbocycles. The van der Waals surface area contributed by atoms with Crippen LogP contribution in [0.4, 0.5) is 4.39 Å². The Balaban J connectivity index is 2.11. The van der Waals surface area contributed by atoms with Gasteiger partial charge in [0.15, 0.2) is 0 Å². The molecule has 0 aromatic heterocycles. The number of hydrogen-bond donors (Lipinski definition) is 0. The summed E-state index contributed by atoms with van der Waals surface area (Å²) in [5.41, 5.74) is 3.33. The number of unbranched alkanes of at least 4 members (excludes halogenated alkanes) is 2. The van der Waals surface area contributed by atoms with Gasteiger partial charge in [0.2, 0.25) is 0 Å². The average molecular weight is 321 g/mol.